The summed E-state index contributed by atoms with van der Waals surface area (Å²) < 4.78 is 29.3. The van der Waals surface area contributed by atoms with Crippen molar-refractivity contribution in [1.82, 2.24) is 9.55 Å². The number of H-pyrrole nitrogens is 1. The Morgan fingerprint density at radius 1 is 1.11 bits per heavy atom. The second-order valence-electron chi connectivity index (χ2n) is 4.00. The zero-order valence-corrected chi connectivity index (χ0v) is 11.0. The average molecular weight is 297 g/mol. The number of aromatic amines is 1. The maximum absolute atomic E-state index is 14.0. The summed E-state index contributed by atoms with van der Waals surface area (Å²) in [6.45, 7) is 0. The van der Waals surface area contributed by atoms with Crippen LogP contribution in [0.25, 0.3) is 16.7 Å². The van der Waals surface area contributed by atoms with Crippen molar-refractivity contribution in [2.24, 2.45) is 0 Å². The van der Waals surface area contributed by atoms with E-state index in [9.17, 15) is 8.78 Å². The number of hydrogen-bond acceptors (Lipinski definition) is 1. The number of fused-ring (bicyclic) bond motifs is 1. The molecule has 0 amide bonds. The fraction of sp³-hybridized carbons (Fsp3) is 0. The first-order chi connectivity index (χ1) is 9.08. The molecular weight excluding hydrogens is 290 g/mol. The van der Waals surface area contributed by atoms with Crippen molar-refractivity contribution >= 4 is 34.9 Å². The van der Waals surface area contributed by atoms with Gasteiger partial charge in [-0.3, -0.25) is 4.57 Å². The maximum atomic E-state index is 14.0. The van der Waals surface area contributed by atoms with Crippen LogP contribution in [-0.2, 0) is 0 Å². The minimum Gasteiger partial charge on any atom is -0.328 e. The molecule has 0 aliphatic heterocycles. The normalized spacial score (nSPS) is 11.1. The summed E-state index contributed by atoms with van der Waals surface area (Å²) in [7, 11) is 0. The molecule has 0 saturated carbocycles. The third-order valence-electron chi connectivity index (χ3n) is 2.82. The topological polar surface area (TPSA) is 20.7 Å². The van der Waals surface area contributed by atoms with Crippen LogP contribution in [0.15, 0.2) is 36.4 Å². The van der Waals surface area contributed by atoms with Crippen LogP contribution in [0, 0.1) is 16.4 Å². The second-order valence-corrected chi connectivity index (χ2v) is 4.82. The third kappa shape index (κ3) is 1.95. The Kier molecular flexibility index (Phi) is 2.88. The van der Waals surface area contributed by atoms with Crippen LogP contribution in [0.2, 0.25) is 5.02 Å². The molecule has 0 aliphatic carbocycles. The van der Waals surface area contributed by atoms with E-state index in [2.05, 4.69) is 4.98 Å². The van der Waals surface area contributed by atoms with E-state index in [1.165, 1.54) is 22.8 Å². The van der Waals surface area contributed by atoms with E-state index in [1.807, 2.05) is 0 Å². The second kappa shape index (κ2) is 4.43. The van der Waals surface area contributed by atoms with E-state index in [4.69, 9.17) is 23.8 Å². The number of aromatic nitrogens is 2. The van der Waals surface area contributed by atoms with Crippen LogP contribution in [0.3, 0.4) is 0 Å². The van der Waals surface area contributed by atoms with Crippen molar-refractivity contribution in [2.45, 2.75) is 0 Å². The molecule has 1 N–H and O–H groups in total. The highest BCUT2D eigenvalue weighted by atomic mass is 35.5. The molecule has 0 aliphatic rings. The summed E-state index contributed by atoms with van der Waals surface area (Å²) in [4.78, 5) is 2.74. The number of para-hydroxylation sites is 1. The molecule has 1 aromatic heterocycles. The van der Waals surface area contributed by atoms with Crippen molar-refractivity contribution in [3.05, 3.63) is 57.8 Å². The van der Waals surface area contributed by atoms with Gasteiger partial charge in [-0.25, -0.2) is 8.78 Å². The van der Waals surface area contributed by atoms with Crippen LogP contribution in [-0.4, -0.2) is 9.55 Å². The van der Waals surface area contributed by atoms with Crippen LogP contribution in [0.1, 0.15) is 0 Å². The van der Waals surface area contributed by atoms with Gasteiger partial charge in [-0.1, -0.05) is 17.7 Å². The van der Waals surface area contributed by atoms with E-state index in [1.54, 1.807) is 18.2 Å². The lowest BCUT2D eigenvalue weighted by atomic mass is 10.2. The van der Waals surface area contributed by atoms with Crippen molar-refractivity contribution < 1.29 is 8.78 Å². The van der Waals surface area contributed by atoms with Crippen LogP contribution in [0.4, 0.5) is 8.78 Å². The molecule has 0 atom stereocenters. The molecule has 3 rings (SSSR count). The zero-order chi connectivity index (χ0) is 13.6. The van der Waals surface area contributed by atoms with Crippen molar-refractivity contribution in [2.75, 3.05) is 0 Å². The molecule has 19 heavy (non-hydrogen) atoms. The van der Waals surface area contributed by atoms with E-state index in [-0.39, 0.29) is 16.0 Å². The Bertz CT molecular complexity index is 838. The molecular formula is C13H7ClF2N2S. The minimum atomic E-state index is -0.520. The van der Waals surface area contributed by atoms with Crippen molar-refractivity contribution in [3.63, 3.8) is 0 Å². The monoisotopic (exact) mass is 296 g/mol. The van der Waals surface area contributed by atoms with Gasteiger partial charge < -0.3 is 4.98 Å². The highest BCUT2D eigenvalue weighted by Gasteiger charge is 2.13. The first kappa shape index (κ1) is 12.3. The van der Waals surface area contributed by atoms with Crippen LogP contribution >= 0.6 is 23.8 Å². The van der Waals surface area contributed by atoms with E-state index < -0.39 is 11.6 Å². The average Bonchev–Trinajstić information content (AvgIpc) is 2.68. The number of rotatable bonds is 1. The lowest BCUT2D eigenvalue weighted by Crippen LogP contribution is -1.97. The number of nitrogens with one attached hydrogen (secondary N) is 1. The molecule has 0 saturated heterocycles. The highest BCUT2D eigenvalue weighted by Crippen LogP contribution is 2.24. The van der Waals surface area contributed by atoms with Crippen molar-refractivity contribution in [1.29, 1.82) is 0 Å². The maximum Gasteiger partial charge on any atom is 0.182 e. The van der Waals surface area contributed by atoms with Crippen LogP contribution in [0.5, 0.6) is 0 Å². The van der Waals surface area contributed by atoms with E-state index in [0.717, 1.165) is 0 Å². The summed E-state index contributed by atoms with van der Waals surface area (Å²) in [5.41, 5.74) is 0.958. The van der Waals surface area contributed by atoms with Gasteiger partial charge >= 0.3 is 0 Å². The number of imidazole rings is 1. The molecule has 0 fully saturated rings. The quantitative estimate of drug-likeness (QED) is 0.650. The SMILES string of the molecule is Fc1cc(Cl)ccc1-n1c(=S)[nH]c2c(F)cccc21. The molecule has 2 aromatic carbocycles. The molecule has 0 radical (unpaired) electrons. The van der Waals surface area contributed by atoms with Gasteiger partial charge in [0.1, 0.15) is 17.2 Å². The molecule has 0 spiro atoms. The summed E-state index contributed by atoms with van der Waals surface area (Å²) in [5.74, 6) is -0.953. The minimum absolute atomic E-state index is 0.223. The van der Waals surface area contributed by atoms with Gasteiger partial charge in [0.25, 0.3) is 0 Å². The first-order valence-corrected chi connectivity index (χ1v) is 6.21. The molecule has 2 nitrogen and oxygen atoms in total. The number of hydrogen-bond donors (Lipinski definition) is 1. The van der Waals surface area contributed by atoms with Gasteiger partial charge in [0.05, 0.1) is 11.2 Å². The number of benzene rings is 2. The summed E-state index contributed by atoms with van der Waals surface area (Å²) in [5, 5.41) is 0.291. The third-order valence-corrected chi connectivity index (χ3v) is 3.34. The van der Waals surface area contributed by atoms with Crippen molar-refractivity contribution in [3.8, 4) is 5.69 Å². The molecule has 0 unspecified atom stereocenters. The van der Waals surface area contributed by atoms with Gasteiger partial charge in [0, 0.05) is 5.02 Å². The van der Waals surface area contributed by atoms with Crippen LogP contribution < -0.4 is 0 Å². The van der Waals surface area contributed by atoms with Gasteiger partial charge in [-0.2, -0.15) is 0 Å². The smallest absolute Gasteiger partial charge is 0.182 e. The Morgan fingerprint density at radius 2 is 1.89 bits per heavy atom. The summed E-state index contributed by atoms with van der Waals surface area (Å²) in [6, 6.07) is 8.78. The molecule has 6 heteroatoms. The lowest BCUT2D eigenvalue weighted by Gasteiger charge is -2.06. The fourth-order valence-corrected chi connectivity index (χ4v) is 2.45. The Balaban J connectivity index is 2.40. The predicted octanol–water partition coefficient (Wildman–Crippen LogP) is 4.62. The molecule has 0 bridgehead atoms. The van der Waals surface area contributed by atoms with E-state index >= 15 is 0 Å². The highest BCUT2D eigenvalue weighted by molar-refractivity contribution is 7.71. The number of nitrogens with zero attached hydrogens (tertiary/aromatic N) is 1. The Hall–Kier alpha value is -1.72. The molecule has 96 valence electrons. The largest absolute Gasteiger partial charge is 0.328 e. The number of halogens is 3. The van der Waals surface area contributed by atoms with Gasteiger partial charge in [-0.15, -0.1) is 0 Å². The standard InChI is InChI=1S/C13H7ClF2N2S/c14-7-4-5-10(9(16)6-7)18-11-3-1-2-8(15)12(11)17-13(18)19/h1-6H,(H,17,19). The molecule has 1 heterocycles. The van der Waals surface area contributed by atoms with E-state index in [0.29, 0.717) is 10.5 Å². The fourth-order valence-electron chi connectivity index (χ4n) is 2.00. The Labute approximate surface area is 117 Å². The van der Waals surface area contributed by atoms with Gasteiger partial charge in [0.2, 0.25) is 0 Å². The lowest BCUT2D eigenvalue weighted by molar-refractivity contribution is 0.619. The van der Waals surface area contributed by atoms with Gasteiger partial charge in [-0.05, 0) is 42.5 Å². The summed E-state index contributed by atoms with van der Waals surface area (Å²) >= 11 is 10.8. The zero-order valence-electron chi connectivity index (χ0n) is 9.45. The Morgan fingerprint density at radius 3 is 2.63 bits per heavy atom. The van der Waals surface area contributed by atoms with Gasteiger partial charge in [0.15, 0.2) is 4.77 Å². The first-order valence-electron chi connectivity index (χ1n) is 5.42. The predicted molar refractivity (Wildman–Crippen MR) is 73.4 cm³/mol. The summed E-state index contributed by atoms with van der Waals surface area (Å²) in [6.07, 6.45) is 0. The molecule has 3 aromatic rings.